The molecule has 0 aliphatic carbocycles. The SMILES string of the molecule is NC(=O)C1CCCN1C(=O)CCNC(=O)/C=C/c1ccccc1. The Kier molecular flexibility index (Phi) is 5.91. The third-order valence-corrected chi connectivity index (χ3v) is 3.77. The van der Waals surface area contributed by atoms with Gasteiger partial charge in [0.25, 0.3) is 0 Å². The van der Waals surface area contributed by atoms with Crippen molar-refractivity contribution in [1.82, 2.24) is 10.2 Å². The number of hydrogen-bond donors (Lipinski definition) is 2. The minimum absolute atomic E-state index is 0.154. The van der Waals surface area contributed by atoms with Crippen molar-refractivity contribution < 1.29 is 14.4 Å². The zero-order valence-electron chi connectivity index (χ0n) is 12.9. The number of nitrogens with two attached hydrogens (primary N) is 1. The maximum atomic E-state index is 12.1. The smallest absolute Gasteiger partial charge is 0.244 e. The van der Waals surface area contributed by atoms with Crippen molar-refractivity contribution in [2.45, 2.75) is 25.3 Å². The van der Waals surface area contributed by atoms with E-state index in [1.807, 2.05) is 30.3 Å². The van der Waals surface area contributed by atoms with Gasteiger partial charge in [-0.25, -0.2) is 0 Å². The summed E-state index contributed by atoms with van der Waals surface area (Å²) in [5.41, 5.74) is 6.22. The predicted octanol–water partition coefficient (Wildman–Crippen LogP) is 0.682. The number of nitrogens with one attached hydrogen (secondary N) is 1. The number of primary amides is 1. The van der Waals surface area contributed by atoms with E-state index in [4.69, 9.17) is 5.73 Å². The first-order valence-corrected chi connectivity index (χ1v) is 7.67. The molecule has 1 aliphatic rings. The van der Waals surface area contributed by atoms with Crippen LogP contribution in [0.5, 0.6) is 0 Å². The van der Waals surface area contributed by atoms with Gasteiger partial charge in [-0.15, -0.1) is 0 Å². The van der Waals surface area contributed by atoms with Crippen LogP contribution in [-0.4, -0.2) is 41.8 Å². The van der Waals surface area contributed by atoms with E-state index in [-0.39, 0.29) is 24.8 Å². The van der Waals surface area contributed by atoms with Crippen molar-refractivity contribution >= 4 is 23.8 Å². The van der Waals surface area contributed by atoms with Crippen molar-refractivity contribution in [3.05, 3.63) is 42.0 Å². The van der Waals surface area contributed by atoms with Crippen LogP contribution in [0.3, 0.4) is 0 Å². The molecule has 6 nitrogen and oxygen atoms in total. The van der Waals surface area contributed by atoms with Gasteiger partial charge in [-0.05, 0) is 24.5 Å². The predicted molar refractivity (Wildman–Crippen MR) is 87.0 cm³/mol. The molecular formula is C17H21N3O3. The van der Waals surface area contributed by atoms with Gasteiger partial charge >= 0.3 is 0 Å². The summed E-state index contributed by atoms with van der Waals surface area (Å²) in [6, 6.07) is 8.97. The normalized spacial score (nSPS) is 17.4. The average Bonchev–Trinajstić information content (AvgIpc) is 3.04. The Hall–Kier alpha value is -2.63. The Bertz CT molecular complexity index is 598. The molecule has 1 fully saturated rings. The maximum Gasteiger partial charge on any atom is 0.244 e. The van der Waals surface area contributed by atoms with Crippen LogP contribution in [-0.2, 0) is 14.4 Å². The molecule has 3 N–H and O–H groups in total. The lowest BCUT2D eigenvalue weighted by molar-refractivity contribution is -0.137. The van der Waals surface area contributed by atoms with Crippen LogP contribution in [0.1, 0.15) is 24.8 Å². The quantitative estimate of drug-likeness (QED) is 0.756. The molecule has 122 valence electrons. The monoisotopic (exact) mass is 315 g/mol. The van der Waals surface area contributed by atoms with E-state index in [0.717, 1.165) is 12.0 Å². The van der Waals surface area contributed by atoms with Crippen LogP contribution in [0.2, 0.25) is 0 Å². The molecular weight excluding hydrogens is 294 g/mol. The lowest BCUT2D eigenvalue weighted by Crippen LogP contribution is -2.44. The molecule has 1 aromatic carbocycles. The van der Waals surface area contributed by atoms with Crippen molar-refractivity contribution in [3.63, 3.8) is 0 Å². The van der Waals surface area contributed by atoms with Crippen LogP contribution in [0.25, 0.3) is 6.08 Å². The first-order chi connectivity index (χ1) is 11.1. The molecule has 6 heteroatoms. The van der Waals surface area contributed by atoms with E-state index in [2.05, 4.69) is 5.32 Å². The Morgan fingerprint density at radius 1 is 1.26 bits per heavy atom. The number of carbonyl (C=O) groups is 3. The van der Waals surface area contributed by atoms with Crippen molar-refractivity contribution in [2.75, 3.05) is 13.1 Å². The second-order valence-electron chi connectivity index (χ2n) is 5.43. The number of benzene rings is 1. The number of likely N-dealkylation sites (tertiary alicyclic amines) is 1. The van der Waals surface area contributed by atoms with Crippen LogP contribution in [0.4, 0.5) is 0 Å². The molecule has 1 aromatic rings. The Balaban J connectivity index is 1.74. The van der Waals surface area contributed by atoms with E-state index in [9.17, 15) is 14.4 Å². The van der Waals surface area contributed by atoms with Crippen LogP contribution in [0, 0.1) is 0 Å². The summed E-state index contributed by atoms with van der Waals surface area (Å²) < 4.78 is 0. The molecule has 23 heavy (non-hydrogen) atoms. The molecule has 0 aromatic heterocycles. The van der Waals surface area contributed by atoms with Crippen molar-refractivity contribution in [1.29, 1.82) is 0 Å². The van der Waals surface area contributed by atoms with Crippen LogP contribution < -0.4 is 11.1 Å². The van der Waals surface area contributed by atoms with Gasteiger partial charge in [-0.3, -0.25) is 14.4 Å². The van der Waals surface area contributed by atoms with E-state index in [1.165, 1.54) is 11.0 Å². The molecule has 1 unspecified atom stereocenters. The Labute approximate surface area is 135 Å². The molecule has 3 amide bonds. The van der Waals surface area contributed by atoms with E-state index >= 15 is 0 Å². The number of hydrogen-bond acceptors (Lipinski definition) is 3. The summed E-state index contributed by atoms with van der Waals surface area (Å²) in [6.45, 7) is 0.785. The summed E-state index contributed by atoms with van der Waals surface area (Å²) in [4.78, 5) is 36.5. The number of amides is 3. The first-order valence-electron chi connectivity index (χ1n) is 7.67. The molecule has 1 atom stereocenters. The highest BCUT2D eigenvalue weighted by molar-refractivity contribution is 5.92. The van der Waals surface area contributed by atoms with Gasteiger partial charge in [0.1, 0.15) is 6.04 Å². The number of nitrogens with zero attached hydrogens (tertiary/aromatic N) is 1. The molecule has 1 heterocycles. The lowest BCUT2D eigenvalue weighted by Gasteiger charge is -2.22. The van der Waals surface area contributed by atoms with Crippen LogP contribution in [0.15, 0.2) is 36.4 Å². The highest BCUT2D eigenvalue weighted by Gasteiger charge is 2.31. The minimum Gasteiger partial charge on any atom is -0.368 e. The second kappa shape index (κ2) is 8.12. The lowest BCUT2D eigenvalue weighted by atomic mass is 10.2. The highest BCUT2D eigenvalue weighted by Crippen LogP contribution is 2.17. The summed E-state index contributed by atoms with van der Waals surface area (Å²) in [5, 5.41) is 2.66. The standard InChI is InChI=1S/C17H21N3O3/c18-17(23)14-7-4-12-20(14)16(22)10-11-19-15(21)9-8-13-5-2-1-3-6-13/h1-3,5-6,8-9,14H,4,7,10-12H2,(H2,18,23)(H,19,21)/b9-8+. The second-order valence-corrected chi connectivity index (χ2v) is 5.43. The molecule has 0 bridgehead atoms. The van der Waals surface area contributed by atoms with Gasteiger partial charge in [0.2, 0.25) is 17.7 Å². The summed E-state index contributed by atoms with van der Waals surface area (Å²) in [5.74, 6) is -0.876. The summed E-state index contributed by atoms with van der Waals surface area (Å²) in [7, 11) is 0. The van der Waals surface area contributed by atoms with Gasteiger partial charge in [-0.2, -0.15) is 0 Å². The van der Waals surface area contributed by atoms with Crippen LogP contribution >= 0.6 is 0 Å². The van der Waals surface area contributed by atoms with Crippen molar-refractivity contribution in [3.8, 4) is 0 Å². The molecule has 0 spiro atoms. The Morgan fingerprint density at radius 2 is 2.00 bits per heavy atom. The first kappa shape index (κ1) is 16.7. The maximum absolute atomic E-state index is 12.1. The third kappa shape index (κ3) is 4.95. The number of carbonyl (C=O) groups excluding carboxylic acids is 3. The molecule has 0 radical (unpaired) electrons. The zero-order valence-corrected chi connectivity index (χ0v) is 12.9. The van der Waals surface area contributed by atoms with Gasteiger partial charge in [-0.1, -0.05) is 30.3 Å². The van der Waals surface area contributed by atoms with Gasteiger partial charge in [0.15, 0.2) is 0 Å². The fourth-order valence-electron chi connectivity index (χ4n) is 2.59. The van der Waals surface area contributed by atoms with Gasteiger partial charge in [0.05, 0.1) is 0 Å². The molecule has 1 aliphatic heterocycles. The molecule has 1 saturated heterocycles. The van der Waals surface area contributed by atoms with E-state index in [1.54, 1.807) is 6.08 Å². The zero-order chi connectivity index (χ0) is 16.7. The highest BCUT2D eigenvalue weighted by atomic mass is 16.2. The molecule has 2 rings (SSSR count). The fourth-order valence-corrected chi connectivity index (χ4v) is 2.59. The largest absolute Gasteiger partial charge is 0.368 e. The summed E-state index contributed by atoms with van der Waals surface area (Å²) >= 11 is 0. The van der Waals surface area contributed by atoms with Gasteiger partial charge in [0, 0.05) is 25.6 Å². The molecule has 0 saturated carbocycles. The van der Waals surface area contributed by atoms with E-state index < -0.39 is 11.9 Å². The minimum atomic E-state index is -0.504. The van der Waals surface area contributed by atoms with Crippen molar-refractivity contribution in [2.24, 2.45) is 5.73 Å². The van der Waals surface area contributed by atoms with Gasteiger partial charge < -0.3 is 16.0 Å². The van der Waals surface area contributed by atoms with E-state index in [0.29, 0.717) is 13.0 Å². The Morgan fingerprint density at radius 3 is 2.70 bits per heavy atom. The topological polar surface area (TPSA) is 92.5 Å². The third-order valence-electron chi connectivity index (χ3n) is 3.77. The number of rotatable bonds is 6. The average molecular weight is 315 g/mol. The summed E-state index contributed by atoms with van der Waals surface area (Å²) in [6.07, 6.45) is 4.70. The fraction of sp³-hybridized carbons (Fsp3) is 0.353.